The maximum atomic E-state index is 13.3. The highest BCUT2D eigenvalue weighted by Crippen LogP contribution is 2.19. The molecule has 0 amide bonds. The van der Waals surface area contributed by atoms with Crippen molar-refractivity contribution >= 4 is 21.9 Å². The minimum absolute atomic E-state index is 0.0139. The van der Waals surface area contributed by atoms with Crippen LogP contribution >= 0.6 is 15.9 Å². The average Bonchev–Trinajstić information content (AvgIpc) is 2.09. The Labute approximate surface area is 83.5 Å². The average molecular weight is 247 g/mol. The van der Waals surface area contributed by atoms with E-state index in [4.69, 9.17) is 5.11 Å². The first-order chi connectivity index (χ1) is 6.07. The van der Waals surface area contributed by atoms with Gasteiger partial charge in [0.05, 0.1) is 5.56 Å². The van der Waals surface area contributed by atoms with E-state index >= 15 is 0 Å². The zero-order valence-electron chi connectivity index (χ0n) is 6.97. The molecule has 0 saturated heterocycles. The van der Waals surface area contributed by atoms with Gasteiger partial charge in [-0.05, 0) is 18.6 Å². The van der Waals surface area contributed by atoms with Crippen LogP contribution in [-0.2, 0) is 5.33 Å². The molecule has 0 aromatic heterocycles. The zero-order chi connectivity index (χ0) is 10.0. The summed E-state index contributed by atoms with van der Waals surface area (Å²) in [7, 11) is 0. The van der Waals surface area contributed by atoms with Gasteiger partial charge in [0.25, 0.3) is 0 Å². The molecular formula is C9H8BrFO2. The molecule has 0 radical (unpaired) electrons. The number of carbonyl (C=O) groups is 1. The fourth-order valence-corrected chi connectivity index (χ4v) is 1.62. The molecule has 0 unspecified atom stereocenters. The fraction of sp³-hybridized carbons (Fsp3) is 0.222. The number of benzene rings is 1. The highest BCUT2D eigenvalue weighted by atomic mass is 79.9. The van der Waals surface area contributed by atoms with E-state index in [0.717, 1.165) is 0 Å². The van der Waals surface area contributed by atoms with E-state index < -0.39 is 11.8 Å². The topological polar surface area (TPSA) is 37.3 Å². The second kappa shape index (κ2) is 3.87. The molecule has 13 heavy (non-hydrogen) atoms. The lowest BCUT2D eigenvalue weighted by molar-refractivity contribution is 0.0695. The van der Waals surface area contributed by atoms with Gasteiger partial charge in [0, 0.05) is 10.9 Å². The molecule has 0 aliphatic rings. The van der Waals surface area contributed by atoms with E-state index in [2.05, 4.69) is 15.9 Å². The number of alkyl halides is 1. The number of halogens is 2. The summed E-state index contributed by atoms with van der Waals surface area (Å²) in [6.45, 7) is 1.60. The molecule has 1 aromatic carbocycles. The van der Waals surface area contributed by atoms with E-state index in [1.807, 2.05) is 0 Å². The first kappa shape index (κ1) is 10.2. The molecule has 0 saturated carbocycles. The second-order valence-corrected chi connectivity index (χ2v) is 3.22. The number of carboxylic acids is 1. The van der Waals surface area contributed by atoms with Gasteiger partial charge in [-0.2, -0.15) is 0 Å². The lowest BCUT2D eigenvalue weighted by Crippen LogP contribution is -2.04. The number of aryl methyl sites for hydroxylation is 1. The summed E-state index contributed by atoms with van der Waals surface area (Å²) < 4.78 is 13.3. The number of hydrogen-bond acceptors (Lipinski definition) is 1. The van der Waals surface area contributed by atoms with E-state index in [0.29, 0.717) is 5.56 Å². The van der Waals surface area contributed by atoms with Crippen LogP contribution in [0.3, 0.4) is 0 Å². The molecule has 0 bridgehead atoms. The van der Waals surface area contributed by atoms with Gasteiger partial charge >= 0.3 is 5.97 Å². The zero-order valence-corrected chi connectivity index (χ0v) is 8.56. The number of rotatable bonds is 2. The molecule has 1 aromatic rings. The smallest absolute Gasteiger partial charge is 0.336 e. The third-order valence-electron chi connectivity index (χ3n) is 1.80. The van der Waals surface area contributed by atoms with Gasteiger partial charge in [0.2, 0.25) is 0 Å². The molecule has 2 nitrogen and oxygen atoms in total. The Bertz CT molecular complexity index is 350. The van der Waals surface area contributed by atoms with Crippen LogP contribution in [0.1, 0.15) is 21.5 Å². The van der Waals surface area contributed by atoms with Crippen molar-refractivity contribution in [2.45, 2.75) is 12.3 Å². The summed E-state index contributed by atoms with van der Waals surface area (Å²) in [5.41, 5.74) is 0.673. The highest BCUT2D eigenvalue weighted by molar-refractivity contribution is 9.08. The second-order valence-electron chi connectivity index (χ2n) is 2.66. The Morgan fingerprint density at radius 3 is 2.69 bits per heavy atom. The minimum Gasteiger partial charge on any atom is -0.478 e. The Morgan fingerprint density at radius 2 is 2.23 bits per heavy atom. The largest absolute Gasteiger partial charge is 0.478 e. The van der Waals surface area contributed by atoms with Gasteiger partial charge in [-0.25, -0.2) is 9.18 Å². The summed E-state index contributed by atoms with van der Waals surface area (Å²) in [6.07, 6.45) is 0. The predicted octanol–water partition coefficient (Wildman–Crippen LogP) is 2.73. The molecule has 0 aliphatic carbocycles. The van der Waals surface area contributed by atoms with Crippen molar-refractivity contribution in [3.63, 3.8) is 0 Å². The fourth-order valence-electron chi connectivity index (χ4n) is 1.07. The molecular weight excluding hydrogens is 239 g/mol. The molecule has 1 rings (SSSR count). The van der Waals surface area contributed by atoms with Crippen LogP contribution in [0.2, 0.25) is 0 Å². The van der Waals surface area contributed by atoms with E-state index in [-0.39, 0.29) is 16.5 Å². The first-order valence-corrected chi connectivity index (χ1v) is 4.77. The van der Waals surface area contributed by atoms with Gasteiger partial charge in [-0.3, -0.25) is 0 Å². The normalized spacial score (nSPS) is 10.1. The monoisotopic (exact) mass is 246 g/mol. The number of hydrogen-bond donors (Lipinski definition) is 1. The lowest BCUT2D eigenvalue weighted by Gasteiger charge is -2.05. The lowest BCUT2D eigenvalue weighted by atomic mass is 10.1. The van der Waals surface area contributed by atoms with Gasteiger partial charge in [0.1, 0.15) is 5.82 Å². The Balaban J connectivity index is 3.38. The van der Waals surface area contributed by atoms with Crippen molar-refractivity contribution in [1.82, 2.24) is 0 Å². The van der Waals surface area contributed by atoms with Gasteiger partial charge in [0.15, 0.2) is 0 Å². The van der Waals surface area contributed by atoms with Crippen LogP contribution in [-0.4, -0.2) is 11.1 Å². The summed E-state index contributed by atoms with van der Waals surface area (Å²) in [5.74, 6) is -1.55. The summed E-state index contributed by atoms with van der Waals surface area (Å²) in [5, 5.41) is 8.94. The van der Waals surface area contributed by atoms with Crippen molar-refractivity contribution in [1.29, 1.82) is 0 Å². The molecule has 0 heterocycles. The van der Waals surface area contributed by atoms with Crippen LogP contribution < -0.4 is 0 Å². The van der Waals surface area contributed by atoms with Crippen LogP contribution in [0.4, 0.5) is 4.39 Å². The summed E-state index contributed by atoms with van der Waals surface area (Å²) in [6, 6.07) is 2.88. The van der Waals surface area contributed by atoms with Crippen LogP contribution in [0.25, 0.3) is 0 Å². The van der Waals surface area contributed by atoms with Crippen molar-refractivity contribution in [3.8, 4) is 0 Å². The van der Waals surface area contributed by atoms with Crippen LogP contribution in [0.5, 0.6) is 0 Å². The summed E-state index contributed by atoms with van der Waals surface area (Å²) in [4.78, 5) is 10.7. The molecule has 1 N–H and O–H groups in total. The molecule has 0 spiro atoms. The maximum absolute atomic E-state index is 13.3. The quantitative estimate of drug-likeness (QED) is 0.816. The third-order valence-corrected chi connectivity index (χ3v) is 2.36. The van der Waals surface area contributed by atoms with Crippen molar-refractivity contribution in [2.75, 3.05) is 0 Å². The summed E-state index contributed by atoms with van der Waals surface area (Å²) >= 11 is 3.06. The molecule has 70 valence electrons. The van der Waals surface area contributed by atoms with Gasteiger partial charge in [-0.1, -0.05) is 22.0 Å². The number of carboxylic acid groups (broad SMARTS) is 1. The minimum atomic E-state index is -1.10. The van der Waals surface area contributed by atoms with Crippen molar-refractivity contribution in [3.05, 3.63) is 34.6 Å². The van der Waals surface area contributed by atoms with E-state index in [9.17, 15) is 9.18 Å². The standard InChI is InChI=1S/C9H8BrFO2/c1-5-2-3-6(9(12)13)7(4-10)8(5)11/h2-3H,4H2,1H3,(H,12,13). The van der Waals surface area contributed by atoms with E-state index in [1.165, 1.54) is 12.1 Å². The molecule has 0 aliphatic heterocycles. The number of aromatic carboxylic acids is 1. The molecule has 4 heteroatoms. The molecule has 0 fully saturated rings. The van der Waals surface area contributed by atoms with Crippen molar-refractivity contribution in [2.24, 2.45) is 0 Å². The van der Waals surface area contributed by atoms with Crippen LogP contribution in [0, 0.1) is 12.7 Å². The van der Waals surface area contributed by atoms with Crippen LogP contribution in [0.15, 0.2) is 12.1 Å². The van der Waals surface area contributed by atoms with Gasteiger partial charge < -0.3 is 5.11 Å². The van der Waals surface area contributed by atoms with Gasteiger partial charge in [-0.15, -0.1) is 0 Å². The predicted molar refractivity (Wildman–Crippen MR) is 50.7 cm³/mol. The SMILES string of the molecule is Cc1ccc(C(=O)O)c(CBr)c1F. The van der Waals surface area contributed by atoms with E-state index in [1.54, 1.807) is 6.92 Å². The maximum Gasteiger partial charge on any atom is 0.336 e. The first-order valence-electron chi connectivity index (χ1n) is 3.65. The Kier molecular flexibility index (Phi) is 3.03. The third kappa shape index (κ3) is 1.88. The Morgan fingerprint density at radius 1 is 1.62 bits per heavy atom. The Hall–Kier alpha value is -0.900. The van der Waals surface area contributed by atoms with Crippen molar-refractivity contribution < 1.29 is 14.3 Å². The highest BCUT2D eigenvalue weighted by Gasteiger charge is 2.14. The molecule has 0 atom stereocenters.